The standard InChI is InChI=1S/C22H24N2O2/c1-16-14-21(22(25)23(3)15-18-8-6-5-7-9-18)17(2)24(16)19-10-12-20(26-4)13-11-19/h5-14H,15H2,1-4H3. The van der Waals surface area contributed by atoms with E-state index < -0.39 is 0 Å². The molecule has 4 heteroatoms. The first kappa shape index (κ1) is 17.8. The summed E-state index contributed by atoms with van der Waals surface area (Å²) in [4.78, 5) is 14.7. The molecule has 2 aromatic carbocycles. The minimum atomic E-state index is 0.0294. The van der Waals surface area contributed by atoms with Crippen LogP contribution in [0.4, 0.5) is 0 Å². The highest BCUT2D eigenvalue weighted by molar-refractivity contribution is 5.95. The van der Waals surface area contributed by atoms with Gasteiger partial charge in [-0.25, -0.2) is 0 Å². The highest BCUT2D eigenvalue weighted by Gasteiger charge is 2.20. The zero-order valence-corrected chi connectivity index (χ0v) is 15.7. The van der Waals surface area contributed by atoms with E-state index in [2.05, 4.69) is 4.57 Å². The third-order valence-corrected chi connectivity index (χ3v) is 4.60. The summed E-state index contributed by atoms with van der Waals surface area (Å²) in [6.07, 6.45) is 0. The molecule has 0 bridgehead atoms. The summed E-state index contributed by atoms with van der Waals surface area (Å²) in [7, 11) is 3.50. The van der Waals surface area contributed by atoms with Crippen molar-refractivity contribution in [1.82, 2.24) is 9.47 Å². The number of nitrogens with zero attached hydrogens (tertiary/aromatic N) is 2. The van der Waals surface area contributed by atoms with Gasteiger partial charge in [-0.15, -0.1) is 0 Å². The van der Waals surface area contributed by atoms with Gasteiger partial charge in [0.05, 0.1) is 12.7 Å². The van der Waals surface area contributed by atoms with Gasteiger partial charge in [0.15, 0.2) is 0 Å². The number of aromatic nitrogens is 1. The van der Waals surface area contributed by atoms with E-state index in [1.807, 2.05) is 81.6 Å². The van der Waals surface area contributed by atoms with E-state index in [0.717, 1.165) is 34.0 Å². The van der Waals surface area contributed by atoms with Crippen molar-refractivity contribution in [2.24, 2.45) is 0 Å². The third-order valence-electron chi connectivity index (χ3n) is 4.60. The molecule has 0 saturated heterocycles. The van der Waals surface area contributed by atoms with Gasteiger partial charge in [-0.3, -0.25) is 4.79 Å². The number of carbonyl (C=O) groups excluding carboxylic acids is 1. The Balaban J connectivity index is 1.87. The van der Waals surface area contributed by atoms with Crippen molar-refractivity contribution in [2.45, 2.75) is 20.4 Å². The Morgan fingerprint density at radius 1 is 1.04 bits per heavy atom. The Labute approximate surface area is 154 Å². The maximum Gasteiger partial charge on any atom is 0.255 e. The number of carbonyl (C=O) groups is 1. The average Bonchev–Trinajstić information content (AvgIpc) is 2.96. The molecule has 26 heavy (non-hydrogen) atoms. The van der Waals surface area contributed by atoms with E-state index in [4.69, 9.17) is 4.74 Å². The Morgan fingerprint density at radius 2 is 1.69 bits per heavy atom. The molecule has 0 aliphatic carbocycles. The van der Waals surface area contributed by atoms with E-state index in [1.165, 1.54) is 0 Å². The van der Waals surface area contributed by atoms with Crippen LogP contribution in [0.15, 0.2) is 60.7 Å². The number of methoxy groups -OCH3 is 1. The van der Waals surface area contributed by atoms with Crippen molar-refractivity contribution in [3.05, 3.63) is 83.2 Å². The molecule has 134 valence electrons. The van der Waals surface area contributed by atoms with Crippen LogP contribution in [-0.4, -0.2) is 29.5 Å². The number of hydrogen-bond acceptors (Lipinski definition) is 2. The molecule has 0 atom stereocenters. The molecular formula is C22H24N2O2. The first-order chi connectivity index (χ1) is 12.5. The topological polar surface area (TPSA) is 34.5 Å². The summed E-state index contributed by atoms with van der Waals surface area (Å²) in [6, 6.07) is 19.8. The van der Waals surface area contributed by atoms with Gasteiger partial charge in [-0.2, -0.15) is 0 Å². The van der Waals surface area contributed by atoms with Gasteiger partial charge in [0.2, 0.25) is 0 Å². The van der Waals surface area contributed by atoms with Crippen molar-refractivity contribution in [1.29, 1.82) is 0 Å². The summed E-state index contributed by atoms with van der Waals surface area (Å²) in [6.45, 7) is 4.60. The first-order valence-electron chi connectivity index (χ1n) is 8.64. The summed E-state index contributed by atoms with van der Waals surface area (Å²) in [5.41, 5.74) is 4.84. The van der Waals surface area contributed by atoms with E-state index >= 15 is 0 Å². The van der Waals surface area contributed by atoms with Crippen LogP contribution in [0.3, 0.4) is 0 Å². The number of benzene rings is 2. The fraction of sp³-hybridized carbons (Fsp3) is 0.227. The second-order valence-corrected chi connectivity index (χ2v) is 6.47. The van der Waals surface area contributed by atoms with Crippen LogP contribution < -0.4 is 4.74 Å². The maximum absolute atomic E-state index is 13.0. The Hall–Kier alpha value is -3.01. The SMILES string of the molecule is COc1ccc(-n2c(C)cc(C(=O)N(C)Cc3ccccc3)c2C)cc1. The molecule has 0 aliphatic rings. The molecule has 0 unspecified atom stereocenters. The summed E-state index contributed by atoms with van der Waals surface area (Å²) in [5.74, 6) is 0.844. The fourth-order valence-electron chi connectivity index (χ4n) is 3.24. The molecule has 0 radical (unpaired) electrons. The lowest BCUT2D eigenvalue weighted by Crippen LogP contribution is -2.26. The van der Waals surface area contributed by atoms with Gasteiger partial charge in [-0.05, 0) is 49.7 Å². The van der Waals surface area contributed by atoms with Crippen LogP contribution in [0.2, 0.25) is 0 Å². The van der Waals surface area contributed by atoms with Gasteiger partial charge >= 0.3 is 0 Å². The Bertz CT molecular complexity index is 896. The molecule has 0 saturated carbocycles. The van der Waals surface area contributed by atoms with Crippen LogP contribution in [0.25, 0.3) is 5.69 Å². The number of aryl methyl sites for hydroxylation is 1. The van der Waals surface area contributed by atoms with Gasteiger partial charge in [0.25, 0.3) is 5.91 Å². The second kappa shape index (κ2) is 7.48. The molecule has 0 fully saturated rings. The lowest BCUT2D eigenvalue weighted by Gasteiger charge is -2.17. The highest BCUT2D eigenvalue weighted by Crippen LogP contribution is 2.24. The maximum atomic E-state index is 13.0. The monoisotopic (exact) mass is 348 g/mol. The average molecular weight is 348 g/mol. The van der Waals surface area contributed by atoms with Gasteiger partial charge in [0.1, 0.15) is 5.75 Å². The third kappa shape index (κ3) is 3.49. The number of ether oxygens (including phenoxy) is 1. The molecule has 1 heterocycles. The van der Waals surface area contributed by atoms with Gasteiger partial charge in [0, 0.05) is 30.7 Å². The quantitative estimate of drug-likeness (QED) is 0.686. The van der Waals surface area contributed by atoms with Crippen molar-refractivity contribution < 1.29 is 9.53 Å². The van der Waals surface area contributed by atoms with E-state index in [1.54, 1.807) is 12.0 Å². The Kier molecular flexibility index (Phi) is 5.12. The predicted molar refractivity (Wildman–Crippen MR) is 104 cm³/mol. The molecular weight excluding hydrogens is 324 g/mol. The minimum absolute atomic E-state index is 0.0294. The first-order valence-corrected chi connectivity index (χ1v) is 8.64. The van der Waals surface area contributed by atoms with E-state index in [9.17, 15) is 4.79 Å². The van der Waals surface area contributed by atoms with Gasteiger partial charge in [-0.1, -0.05) is 30.3 Å². The minimum Gasteiger partial charge on any atom is -0.497 e. The van der Waals surface area contributed by atoms with Crippen molar-refractivity contribution >= 4 is 5.91 Å². The van der Waals surface area contributed by atoms with Crippen LogP contribution in [0.1, 0.15) is 27.3 Å². The van der Waals surface area contributed by atoms with Crippen molar-refractivity contribution in [3.63, 3.8) is 0 Å². The molecule has 1 amide bonds. The van der Waals surface area contributed by atoms with Gasteiger partial charge < -0.3 is 14.2 Å². The predicted octanol–water partition coefficient (Wildman–Crippen LogP) is 4.37. The lowest BCUT2D eigenvalue weighted by molar-refractivity contribution is 0.0784. The van der Waals surface area contributed by atoms with E-state index in [-0.39, 0.29) is 5.91 Å². The molecule has 1 aromatic heterocycles. The molecule has 4 nitrogen and oxygen atoms in total. The zero-order chi connectivity index (χ0) is 18.7. The van der Waals surface area contributed by atoms with Crippen LogP contribution in [0.5, 0.6) is 5.75 Å². The van der Waals surface area contributed by atoms with E-state index in [0.29, 0.717) is 6.54 Å². The zero-order valence-electron chi connectivity index (χ0n) is 15.7. The van der Waals surface area contributed by atoms with Crippen molar-refractivity contribution in [2.75, 3.05) is 14.2 Å². The van der Waals surface area contributed by atoms with Crippen LogP contribution in [-0.2, 0) is 6.54 Å². The largest absolute Gasteiger partial charge is 0.497 e. The highest BCUT2D eigenvalue weighted by atomic mass is 16.5. The molecule has 0 spiro atoms. The normalized spacial score (nSPS) is 10.6. The smallest absolute Gasteiger partial charge is 0.255 e. The molecule has 3 aromatic rings. The number of hydrogen-bond donors (Lipinski definition) is 0. The Morgan fingerprint density at radius 3 is 2.31 bits per heavy atom. The van der Waals surface area contributed by atoms with Crippen molar-refractivity contribution in [3.8, 4) is 11.4 Å². The molecule has 0 aliphatic heterocycles. The van der Waals surface area contributed by atoms with Crippen LogP contribution >= 0.6 is 0 Å². The second-order valence-electron chi connectivity index (χ2n) is 6.47. The van der Waals surface area contributed by atoms with Crippen LogP contribution in [0, 0.1) is 13.8 Å². The lowest BCUT2D eigenvalue weighted by atomic mass is 10.2. The fourth-order valence-corrected chi connectivity index (χ4v) is 3.24. The molecule has 3 rings (SSSR count). The number of rotatable bonds is 5. The summed E-state index contributed by atoms with van der Waals surface area (Å²) >= 11 is 0. The summed E-state index contributed by atoms with van der Waals surface area (Å²) in [5, 5.41) is 0. The molecule has 0 N–H and O–H groups in total. The summed E-state index contributed by atoms with van der Waals surface area (Å²) < 4.78 is 7.33. The number of amides is 1.